The zero-order valence-electron chi connectivity index (χ0n) is 22.1. The summed E-state index contributed by atoms with van der Waals surface area (Å²) in [5, 5.41) is 20.9. The third kappa shape index (κ3) is 6.24. The van der Waals surface area contributed by atoms with E-state index in [4.69, 9.17) is 0 Å². The highest BCUT2D eigenvalue weighted by Crippen LogP contribution is 2.62. The van der Waals surface area contributed by atoms with Crippen molar-refractivity contribution in [1.29, 1.82) is 0 Å². The van der Waals surface area contributed by atoms with E-state index < -0.39 is 35.7 Å². The Morgan fingerprint density at radius 2 is 1.71 bits per heavy atom. The van der Waals surface area contributed by atoms with Gasteiger partial charge < -0.3 is 10.2 Å². The second kappa shape index (κ2) is 11.7. The molecule has 216 valence electrons. The fraction of sp³-hybridized carbons (Fsp3) is 0.793. The summed E-state index contributed by atoms with van der Waals surface area (Å²) in [7, 11) is -1.38. The van der Waals surface area contributed by atoms with E-state index in [1.54, 1.807) is 6.07 Å². The van der Waals surface area contributed by atoms with Crippen molar-refractivity contribution in [3.63, 3.8) is 0 Å². The summed E-state index contributed by atoms with van der Waals surface area (Å²) in [4.78, 5) is 0. The number of hydrogen-bond donors (Lipinski definition) is 2. The van der Waals surface area contributed by atoms with E-state index >= 15 is 0 Å². The molecule has 0 bridgehead atoms. The molecule has 1 aromatic carbocycles. The van der Waals surface area contributed by atoms with Crippen LogP contribution in [-0.2, 0) is 17.2 Å². The highest BCUT2D eigenvalue weighted by atomic mass is 32.2. The summed E-state index contributed by atoms with van der Waals surface area (Å²) in [6.07, 6.45) is 1.96. The van der Waals surface area contributed by atoms with Gasteiger partial charge in [0.1, 0.15) is 5.75 Å². The lowest BCUT2D eigenvalue weighted by Crippen LogP contribution is -2.47. The SMILES string of the molecule is C[C@]12CC[C@@H]3c4ccc(O)cc4C[C@@H](CCCCCCS(=O)CCCC(F)(F)C(F)(F)F)[C@H]3[C@@H]1CC[C@@H]2O. The van der Waals surface area contributed by atoms with E-state index in [0.29, 0.717) is 41.6 Å². The molecular formula is C29H41F5O3S. The van der Waals surface area contributed by atoms with Crippen LogP contribution in [0.3, 0.4) is 0 Å². The Labute approximate surface area is 225 Å². The fourth-order valence-corrected chi connectivity index (χ4v) is 8.95. The standard InChI is InChI=1S/C29H41F5O3S/c1-27-14-12-23-22-9-8-21(35)18-20(22)17-19(26(23)24(27)10-11-25(27)36)7-4-2-3-5-15-38(37)16-6-13-28(30,31)29(32,33)34/h8-9,18-19,23-26,35-36H,2-7,10-17H2,1H3/t19-,23-,24+,25+,26-,27+,38?/m1/s1. The van der Waals surface area contributed by atoms with Gasteiger partial charge in [-0.15, -0.1) is 0 Å². The van der Waals surface area contributed by atoms with Crippen LogP contribution >= 0.6 is 0 Å². The topological polar surface area (TPSA) is 57.5 Å². The minimum Gasteiger partial charge on any atom is -0.508 e. The number of alkyl halides is 5. The van der Waals surface area contributed by atoms with Gasteiger partial charge in [-0.1, -0.05) is 32.3 Å². The minimum absolute atomic E-state index is 0.0258. The van der Waals surface area contributed by atoms with Gasteiger partial charge >= 0.3 is 12.1 Å². The monoisotopic (exact) mass is 564 g/mol. The van der Waals surface area contributed by atoms with Crippen LogP contribution in [0.2, 0.25) is 0 Å². The maximum atomic E-state index is 13.0. The molecule has 1 aromatic rings. The summed E-state index contributed by atoms with van der Waals surface area (Å²) < 4.78 is 74.8. The van der Waals surface area contributed by atoms with Crippen molar-refractivity contribution in [3.05, 3.63) is 29.3 Å². The molecule has 0 amide bonds. The number of aromatic hydroxyl groups is 1. The zero-order valence-corrected chi connectivity index (χ0v) is 22.9. The van der Waals surface area contributed by atoms with E-state index in [-0.39, 0.29) is 17.3 Å². The molecule has 0 saturated heterocycles. The van der Waals surface area contributed by atoms with Gasteiger partial charge in [0.05, 0.1) is 6.10 Å². The Morgan fingerprint density at radius 1 is 1.00 bits per heavy atom. The van der Waals surface area contributed by atoms with E-state index in [2.05, 4.69) is 13.0 Å². The Morgan fingerprint density at radius 3 is 2.45 bits per heavy atom. The predicted octanol–water partition coefficient (Wildman–Crippen LogP) is 7.51. The molecule has 3 aliphatic rings. The molecule has 2 N–H and O–H groups in total. The third-order valence-corrected chi connectivity index (χ3v) is 11.3. The van der Waals surface area contributed by atoms with Crippen molar-refractivity contribution in [2.24, 2.45) is 23.2 Å². The van der Waals surface area contributed by atoms with Gasteiger partial charge in [-0.2, -0.15) is 22.0 Å². The van der Waals surface area contributed by atoms with E-state index in [0.717, 1.165) is 57.8 Å². The number of phenolic OH excluding ortho intramolecular Hbond substituents is 1. The smallest absolute Gasteiger partial charge is 0.453 e. The Kier molecular flexibility index (Phi) is 9.17. The molecule has 3 aliphatic carbocycles. The lowest BCUT2D eigenvalue weighted by molar-refractivity contribution is -0.284. The molecule has 0 aromatic heterocycles. The second-order valence-corrected chi connectivity index (χ2v) is 13.8. The van der Waals surface area contributed by atoms with Crippen LogP contribution in [-0.4, -0.2) is 44.1 Å². The molecule has 38 heavy (non-hydrogen) atoms. The maximum Gasteiger partial charge on any atom is 0.453 e. The first-order valence-corrected chi connectivity index (χ1v) is 15.6. The third-order valence-electron chi connectivity index (χ3n) is 9.81. The van der Waals surface area contributed by atoms with Crippen molar-refractivity contribution in [1.82, 2.24) is 0 Å². The molecule has 7 atom stereocenters. The molecule has 0 aliphatic heterocycles. The van der Waals surface area contributed by atoms with Gasteiger partial charge in [-0.25, -0.2) is 0 Å². The largest absolute Gasteiger partial charge is 0.508 e. The summed E-state index contributed by atoms with van der Waals surface area (Å²) in [6, 6.07) is 5.80. The van der Waals surface area contributed by atoms with E-state index in [9.17, 15) is 36.4 Å². The van der Waals surface area contributed by atoms with Crippen LogP contribution in [0.25, 0.3) is 0 Å². The number of aliphatic hydroxyl groups excluding tert-OH is 1. The molecule has 3 nitrogen and oxygen atoms in total. The maximum absolute atomic E-state index is 13.0. The number of phenols is 1. The van der Waals surface area contributed by atoms with Gasteiger partial charge in [0.2, 0.25) is 0 Å². The van der Waals surface area contributed by atoms with Crippen LogP contribution in [0, 0.1) is 23.2 Å². The number of hydrogen-bond acceptors (Lipinski definition) is 3. The van der Waals surface area contributed by atoms with Crippen LogP contribution in [0.15, 0.2) is 18.2 Å². The Bertz CT molecular complexity index is 983. The van der Waals surface area contributed by atoms with Crippen molar-refractivity contribution >= 4 is 10.8 Å². The number of halogens is 5. The normalized spacial score (nSPS) is 31.9. The van der Waals surface area contributed by atoms with E-state index in [1.807, 2.05) is 6.07 Å². The molecule has 1 unspecified atom stereocenters. The average molecular weight is 565 g/mol. The van der Waals surface area contributed by atoms with E-state index in [1.165, 1.54) is 11.1 Å². The first-order chi connectivity index (χ1) is 17.8. The number of aliphatic hydroxyl groups is 1. The molecule has 4 rings (SSSR count). The summed E-state index contributed by atoms with van der Waals surface area (Å²) in [6.45, 7) is 2.26. The molecule has 2 saturated carbocycles. The zero-order chi connectivity index (χ0) is 27.7. The number of rotatable bonds is 11. The number of fused-ring (bicyclic) bond motifs is 5. The van der Waals surface area contributed by atoms with Crippen molar-refractivity contribution in [2.75, 3.05) is 11.5 Å². The first-order valence-electron chi connectivity index (χ1n) is 14.1. The van der Waals surface area contributed by atoms with Crippen LogP contribution < -0.4 is 0 Å². The highest BCUT2D eigenvalue weighted by molar-refractivity contribution is 7.84. The van der Waals surface area contributed by atoms with Crippen molar-refractivity contribution < 1.29 is 36.4 Å². The summed E-state index contributed by atoms with van der Waals surface area (Å²) in [5.41, 5.74) is 2.58. The average Bonchev–Trinajstić information content (AvgIpc) is 3.14. The van der Waals surface area contributed by atoms with Gasteiger partial charge in [-0.3, -0.25) is 4.21 Å². The van der Waals surface area contributed by atoms with Crippen molar-refractivity contribution in [2.45, 2.75) is 108 Å². The lowest BCUT2D eigenvalue weighted by Gasteiger charge is -2.53. The molecule has 9 heteroatoms. The predicted molar refractivity (Wildman–Crippen MR) is 139 cm³/mol. The number of benzene rings is 1. The minimum atomic E-state index is -5.55. The molecule has 2 fully saturated rings. The first kappa shape index (κ1) is 29.8. The highest BCUT2D eigenvalue weighted by Gasteiger charge is 2.57. The Balaban J connectivity index is 1.25. The molecule has 0 spiro atoms. The van der Waals surface area contributed by atoms with Gasteiger partial charge in [0, 0.05) is 28.7 Å². The van der Waals surface area contributed by atoms with Crippen LogP contribution in [0.4, 0.5) is 22.0 Å². The lowest BCUT2D eigenvalue weighted by atomic mass is 9.52. The summed E-state index contributed by atoms with van der Waals surface area (Å²) >= 11 is 0. The van der Waals surface area contributed by atoms with Gasteiger partial charge in [0.25, 0.3) is 0 Å². The van der Waals surface area contributed by atoms with Crippen LogP contribution in [0.5, 0.6) is 5.75 Å². The molecule has 0 heterocycles. The van der Waals surface area contributed by atoms with Crippen molar-refractivity contribution in [3.8, 4) is 5.75 Å². The second-order valence-electron chi connectivity index (χ2n) is 12.1. The number of unbranched alkanes of at least 4 members (excludes halogenated alkanes) is 3. The van der Waals surface area contributed by atoms with Gasteiger partial charge in [0.15, 0.2) is 0 Å². The summed E-state index contributed by atoms with van der Waals surface area (Å²) in [5.74, 6) is -2.27. The molecular weight excluding hydrogens is 523 g/mol. The quantitative estimate of drug-likeness (QED) is 0.216. The molecule has 0 radical (unpaired) electrons. The van der Waals surface area contributed by atoms with Gasteiger partial charge in [-0.05, 0) is 104 Å². The Hall–Kier alpha value is -1.22. The fourth-order valence-electron chi connectivity index (χ4n) is 7.75. The van der Waals surface area contributed by atoms with Crippen LogP contribution in [0.1, 0.15) is 94.6 Å².